The third kappa shape index (κ3) is 2.82. The smallest absolute Gasteiger partial charge is 0.161 e. The molecule has 0 aromatic heterocycles. The summed E-state index contributed by atoms with van der Waals surface area (Å²) in [5, 5.41) is 8.48. The van der Waals surface area contributed by atoms with E-state index in [0.717, 1.165) is 16.8 Å². The van der Waals surface area contributed by atoms with Crippen LogP contribution in [0.1, 0.15) is 23.6 Å². The van der Waals surface area contributed by atoms with Gasteiger partial charge in [0.1, 0.15) is 11.5 Å². The molecule has 0 bridgehead atoms. The number of benzene rings is 2. The van der Waals surface area contributed by atoms with Gasteiger partial charge in [0.25, 0.3) is 0 Å². The first-order chi connectivity index (χ1) is 11.1. The van der Waals surface area contributed by atoms with Gasteiger partial charge in [-0.2, -0.15) is 5.10 Å². The van der Waals surface area contributed by atoms with Crippen LogP contribution in [0.15, 0.2) is 46.6 Å². The Hall–Kier alpha value is -2.69. The number of hydrogen-bond acceptors (Lipinski definition) is 4. The number of methoxy groups -OCH3 is 2. The van der Waals surface area contributed by atoms with Crippen LogP contribution in [0.25, 0.3) is 0 Å². The second-order valence-corrected chi connectivity index (χ2v) is 5.30. The second-order valence-electron chi connectivity index (χ2n) is 5.30. The molecule has 0 radical (unpaired) electrons. The highest BCUT2D eigenvalue weighted by Crippen LogP contribution is 2.33. The lowest BCUT2D eigenvalue weighted by atomic mass is 9.94. The summed E-state index contributed by atoms with van der Waals surface area (Å²) in [7, 11) is 3.16. The number of rotatable bonds is 3. The molecular weight excluding hydrogens is 295 g/mol. The third-order valence-electron chi connectivity index (χ3n) is 3.76. The van der Waals surface area contributed by atoms with Gasteiger partial charge in [0.05, 0.1) is 14.2 Å². The highest BCUT2D eigenvalue weighted by molar-refractivity contribution is 6.15. The van der Waals surface area contributed by atoms with Crippen LogP contribution in [0, 0.1) is 5.82 Å². The predicted octanol–water partition coefficient (Wildman–Crippen LogP) is 3.61. The van der Waals surface area contributed by atoms with E-state index in [4.69, 9.17) is 9.47 Å². The fraction of sp³-hybridized carbons (Fsp3) is 0.222. The van der Waals surface area contributed by atoms with Gasteiger partial charge in [0.15, 0.2) is 11.5 Å². The van der Waals surface area contributed by atoms with E-state index in [0.29, 0.717) is 29.2 Å². The lowest BCUT2D eigenvalue weighted by Gasteiger charge is -2.15. The molecule has 0 unspecified atom stereocenters. The van der Waals surface area contributed by atoms with Crippen molar-refractivity contribution in [2.45, 2.75) is 13.3 Å². The van der Waals surface area contributed by atoms with Crippen LogP contribution >= 0.6 is 0 Å². The maximum Gasteiger partial charge on any atom is 0.161 e. The van der Waals surface area contributed by atoms with E-state index < -0.39 is 0 Å². The molecule has 1 heterocycles. The lowest BCUT2D eigenvalue weighted by Crippen LogP contribution is -2.09. The van der Waals surface area contributed by atoms with E-state index in [1.54, 1.807) is 32.4 Å². The van der Waals surface area contributed by atoms with Crippen molar-refractivity contribution in [1.82, 2.24) is 0 Å². The zero-order valence-electron chi connectivity index (χ0n) is 13.3. The first-order valence-electron chi connectivity index (χ1n) is 7.25. The molecule has 0 atom stereocenters. The van der Waals surface area contributed by atoms with Gasteiger partial charge in [0.2, 0.25) is 0 Å². The summed E-state index contributed by atoms with van der Waals surface area (Å²) in [4.78, 5) is 0. The Kier molecular flexibility index (Phi) is 4.10. The van der Waals surface area contributed by atoms with E-state index in [-0.39, 0.29) is 5.82 Å². The summed E-state index contributed by atoms with van der Waals surface area (Å²) in [5.74, 6) is 0.880. The highest BCUT2D eigenvalue weighted by atomic mass is 19.1. The molecule has 0 fully saturated rings. The molecule has 2 aromatic rings. The van der Waals surface area contributed by atoms with Gasteiger partial charge in [-0.15, -0.1) is 5.10 Å². The van der Waals surface area contributed by atoms with Gasteiger partial charge in [-0.05, 0) is 36.8 Å². The third-order valence-corrected chi connectivity index (χ3v) is 3.76. The van der Waals surface area contributed by atoms with E-state index in [1.807, 2.05) is 19.1 Å². The van der Waals surface area contributed by atoms with Crippen LogP contribution in [0.5, 0.6) is 11.5 Å². The van der Waals surface area contributed by atoms with E-state index in [2.05, 4.69) is 10.2 Å². The number of fused-ring (bicyclic) bond motifs is 1. The van der Waals surface area contributed by atoms with E-state index >= 15 is 0 Å². The molecule has 5 heteroatoms. The molecule has 0 saturated heterocycles. The van der Waals surface area contributed by atoms with Crippen LogP contribution in [-0.2, 0) is 6.42 Å². The largest absolute Gasteiger partial charge is 0.493 e. The minimum absolute atomic E-state index is 0.332. The van der Waals surface area contributed by atoms with Crippen molar-refractivity contribution in [3.05, 3.63) is 58.9 Å². The number of hydrogen-bond donors (Lipinski definition) is 0. The molecule has 118 valence electrons. The molecule has 1 aliphatic rings. The minimum atomic E-state index is -0.332. The normalized spacial score (nSPS) is 13.6. The molecule has 2 aromatic carbocycles. The Morgan fingerprint density at radius 2 is 1.65 bits per heavy atom. The predicted molar refractivity (Wildman–Crippen MR) is 88.4 cm³/mol. The maximum atomic E-state index is 14.2. The molecule has 0 spiro atoms. The molecule has 23 heavy (non-hydrogen) atoms. The van der Waals surface area contributed by atoms with E-state index in [1.165, 1.54) is 6.07 Å². The van der Waals surface area contributed by atoms with Gasteiger partial charge in [0, 0.05) is 23.3 Å². The SMILES string of the molecule is COc1cc2c(cc1OC)C(c1ccccc1F)=NN=C(C)C2. The Labute approximate surface area is 134 Å². The average molecular weight is 312 g/mol. The molecule has 0 saturated carbocycles. The zero-order valence-corrected chi connectivity index (χ0v) is 13.3. The molecule has 3 rings (SSSR count). The summed E-state index contributed by atoms with van der Waals surface area (Å²) >= 11 is 0. The summed E-state index contributed by atoms with van der Waals surface area (Å²) in [6.45, 7) is 1.90. The zero-order chi connectivity index (χ0) is 16.4. The molecule has 0 aliphatic carbocycles. The highest BCUT2D eigenvalue weighted by Gasteiger charge is 2.21. The van der Waals surface area contributed by atoms with Gasteiger partial charge < -0.3 is 9.47 Å². The van der Waals surface area contributed by atoms with Crippen LogP contribution in [0.2, 0.25) is 0 Å². The van der Waals surface area contributed by atoms with Gasteiger partial charge >= 0.3 is 0 Å². The van der Waals surface area contributed by atoms with Crippen LogP contribution in [0.3, 0.4) is 0 Å². The number of halogens is 1. The Morgan fingerprint density at radius 3 is 2.35 bits per heavy atom. The second kappa shape index (κ2) is 6.20. The van der Waals surface area contributed by atoms with Gasteiger partial charge in [-0.25, -0.2) is 4.39 Å². The van der Waals surface area contributed by atoms with Crippen molar-refractivity contribution in [3.8, 4) is 11.5 Å². The number of ether oxygens (including phenoxy) is 2. The molecular formula is C18H17FN2O2. The first kappa shape index (κ1) is 15.2. The van der Waals surface area contributed by atoms with Crippen LogP contribution < -0.4 is 9.47 Å². The van der Waals surface area contributed by atoms with E-state index in [9.17, 15) is 4.39 Å². The lowest BCUT2D eigenvalue weighted by molar-refractivity contribution is 0.354. The topological polar surface area (TPSA) is 43.2 Å². The summed E-state index contributed by atoms with van der Waals surface area (Å²) in [6.07, 6.45) is 0.622. The van der Waals surface area contributed by atoms with Crippen molar-refractivity contribution >= 4 is 11.4 Å². The van der Waals surface area contributed by atoms with Crippen molar-refractivity contribution in [2.75, 3.05) is 14.2 Å². The van der Waals surface area contributed by atoms with Crippen LogP contribution in [-0.4, -0.2) is 25.6 Å². The Morgan fingerprint density at radius 1 is 0.957 bits per heavy atom. The van der Waals surface area contributed by atoms with Crippen molar-refractivity contribution in [2.24, 2.45) is 10.2 Å². The standard InChI is InChI=1S/C18H17FN2O2/c1-11-8-12-9-16(22-2)17(23-3)10-14(12)18(21-20-11)13-6-4-5-7-15(13)19/h4-7,9-10H,8H2,1-3H3. The minimum Gasteiger partial charge on any atom is -0.493 e. The van der Waals surface area contributed by atoms with Gasteiger partial charge in [-0.3, -0.25) is 0 Å². The van der Waals surface area contributed by atoms with Crippen molar-refractivity contribution in [1.29, 1.82) is 0 Å². The Bertz CT molecular complexity index is 813. The quantitative estimate of drug-likeness (QED) is 0.869. The summed E-state index contributed by atoms with van der Waals surface area (Å²) in [6, 6.07) is 10.3. The van der Waals surface area contributed by atoms with Crippen molar-refractivity contribution < 1.29 is 13.9 Å². The first-order valence-corrected chi connectivity index (χ1v) is 7.25. The van der Waals surface area contributed by atoms with Crippen molar-refractivity contribution in [3.63, 3.8) is 0 Å². The van der Waals surface area contributed by atoms with Crippen LogP contribution in [0.4, 0.5) is 4.39 Å². The maximum absolute atomic E-state index is 14.2. The summed E-state index contributed by atoms with van der Waals surface area (Å²) in [5.41, 5.74) is 3.54. The fourth-order valence-electron chi connectivity index (χ4n) is 2.64. The molecule has 1 aliphatic heterocycles. The fourth-order valence-corrected chi connectivity index (χ4v) is 2.64. The summed E-state index contributed by atoms with van der Waals surface area (Å²) < 4.78 is 25.0. The Balaban J connectivity index is 2.25. The molecule has 0 N–H and O–H groups in total. The number of nitrogens with zero attached hydrogens (tertiary/aromatic N) is 2. The van der Waals surface area contributed by atoms with Gasteiger partial charge in [-0.1, -0.05) is 12.1 Å². The molecule has 4 nitrogen and oxygen atoms in total. The monoisotopic (exact) mass is 312 g/mol. The average Bonchev–Trinajstić information content (AvgIpc) is 2.72. The molecule has 0 amide bonds.